The summed E-state index contributed by atoms with van der Waals surface area (Å²) in [6, 6.07) is 8.00. The molecule has 0 bridgehead atoms. The van der Waals surface area contributed by atoms with E-state index in [4.69, 9.17) is 4.74 Å². The quantitative estimate of drug-likeness (QED) is 0.783. The zero-order valence-corrected chi connectivity index (χ0v) is 13.1. The van der Waals surface area contributed by atoms with Crippen LogP contribution in [0, 0.1) is 0 Å². The minimum absolute atomic E-state index is 0.148. The average Bonchev–Trinajstić information content (AvgIpc) is 2.87. The maximum absolute atomic E-state index is 12.2. The molecule has 0 radical (unpaired) electrons. The van der Waals surface area contributed by atoms with Crippen LogP contribution >= 0.6 is 0 Å². The van der Waals surface area contributed by atoms with Gasteiger partial charge in [0.05, 0.1) is 6.61 Å². The molecule has 21 heavy (non-hydrogen) atoms. The number of fused-ring (bicyclic) bond motifs is 1. The molecule has 2 rings (SSSR count). The summed E-state index contributed by atoms with van der Waals surface area (Å²) in [6.07, 6.45) is 4.11. The molecular weight excluding hydrogens is 264 g/mol. The second-order valence-electron chi connectivity index (χ2n) is 5.27. The first-order valence-electron chi connectivity index (χ1n) is 7.61. The molecule has 114 valence electrons. The first-order chi connectivity index (χ1) is 10.2. The molecule has 1 heterocycles. The summed E-state index contributed by atoms with van der Waals surface area (Å²) in [6.45, 7) is 5.97. The summed E-state index contributed by atoms with van der Waals surface area (Å²) < 4.78 is 7.50. The normalized spacial score (nSPS) is 10.8. The number of rotatable bonds is 7. The Kier molecular flexibility index (Phi) is 5.26. The molecule has 1 amide bonds. The van der Waals surface area contributed by atoms with E-state index in [1.807, 2.05) is 53.9 Å². The van der Waals surface area contributed by atoms with Gasteiger partial charge in [-0.1, -0.05) is 13.3 Å². The molecule has 0 fully saturated rings. The molecule has 1 aromatic carbocycles. The van der Waals surface area contributed by atoms with Crippen LogP contribution in [-0.4, -0.2) is 35.6 Å². The van der Waals surface area contributed by atoms with Crippen LogP contribution in [0.25, 0.3) is 10.9 Å². The molecule has 0 atom stereocenters. The second kappa shape index (κ2) is 7.16. The minimum Gasteiger partial charge on any atom is -0.494 e. The first kappa shape index (κ1) is 15.4. The Balaban J connectivity index is 2.10. The van der Waals surface area contributed by atoms with E-state index in [-0.39, 0.29) is 5.91 Å². The predicted molar refractivity (Wildman–Crippen MR) is 85.7 cm³/mol. The number of likely N-dealkylation sites (N-methyl/N-ethyl adjacent to an activating group) is 1. The van der Waals surface area contributed by atoms with Crippen LogP contribution in [-0.2, 0) is 11.3 Å². The maximum Gasteiger partial charge on any atom is 0.242 e. The van der Waals surface area contributed by atoms with Crippen molar-refractivity contribution in [3.05, 3.63) is 30.5 Å². The highest BCUT2D eigenvalue weighted by atomic mass is 16.5. The number of unbranched alkanes of at least 4 members (excludes halogenated alkanes) is 1. The smallest absolute Gasteiger partial charge is 0.242 e. The number of ether oxygens (including phenoxy) is 1. The Hall–Kier alpha value is -1.97. The largest absolute Gasteiger partial charge is 0.494 e. The zero-order chi connectivity index (χ0) is 15.2. The molecule has 0 aliphatic rings. The van der Waals surface area contributed by atoms with Crippen molar-refractivity contribution in [2.45, 2.75) is 33.2 Å². The number of carbonyl (C=O) groups excluding carboxylic acids is 1. The van der Waals surface area contributed by atoms with Crippen LogP contribution in [0.2, 0.25) is 0 Å². The van der Waals surface area contributed by atoms with Crippen LogP contribution < -0.4 is 4.74 Å². The SMILES string of the molecule is CCCCN(C)C(=O)Cn1ccc2cc(OCC)ccc21. The standard InChI is InChI=1S/C17H24N2O2/c1-4-6-10-18(3)17(20)13-19-11-9-14-12-15(21-5-2)7-8-16(14)19/h7-9,11-12H,4-6,10,13H2,1-3H3. The number of hydrogen-bond donors (Lipinski definition) is 0. The van der Waals surface area contributed by atoms with Gasteiger partial charge in [-0.25, -0.2) is 0 Å². The molecule has 0 aliphatic carbocycles. The van der Waals surface area contributed by atoms with Gasteiger partial charge in [0, 0.05) is 30.7 Å². The van der Waals surface area contributed by atoms with Gasteiger partial charge in [-0.2, -0.15) is 0 Å². The Morgan fingerprint density at radius 1 is 1.29 bits per heavy atom. The van der Waals surface area contributed by atoms with E-state index in [9.17, 15) is 4.79 Å². The van der Waals surface area contributed by atoms with Gasteiger partial charge in [-0.15, -0.1) is 0 Å². The van der Waals surface area contributed by atoms with Crippen molar-refractivity contribution in [1.29, 1.82) is 0 Å². The molecule has 1 aromatic heterocycles. The van der Waals surface area contributed by atoms with E-state index < -0.39 is 0 Å². The molecular formula is C17H24N2O2. The lowest BCUT2D eigenvalue weighted by atomic mass is 10.2. The second-order valence-corrected chi connectivity index (χ2v) is 5.27. The lowest BCUT2D eigenvalue weighted by Crippen LogP contribution is -2.30. The van der Waals surface area contributed by atoms with Gasteiger partial charge >= 0.3 is 0 Å². The Bertz CT molecular complexity index is 604. The van der Waals surface area contributed by atoms with Crippen molar-refractivity contribution in [1.82, 2.24) is 9.47 Å². The van der Waals surface area contributed by atoms with Crippen molar-refractivity contribution in [2.75, 3.05) is 20.2 Å². The van der Waals surface area contributed by atoms with Crippen LogP contribution in [0.5, 0.6) is 5.75 Å². The first-order valence-corrected chi connectivity index (χ1v) is 7.61. The topological polar surface area (TPSA) is 34.5 Å². The van der Waals surface area contributed by atoms with Crippen LogP contribution in [0.15, 0.2) is 30.5 Å². The monoisotopic (exact) mass is 288 g/mol. The maximum atomic E-state index is 12.2. The molecule has 0 aliphatic heterocycles. The third-order valence-electron chi connectivity index (χ3n) is 3.63. The van der Waals surface area contributed by atoms with Crippen molar-refractivity contribution in [3.63, 3.8) is 0 Å². The highest BCUT2D eigenvalue weighted by Crippen LogP contribution is 2.22. The number of carbonyl (C=O) groups is 1. The summed E-state index contributed by atoms with van der Waals surface area (Å²) in [7, 11) is 1.87. The van der Waals surface area contributed by atoms with E-state index in [0.29, 0.717) is 13.2 Å². The molecule has 0 unspecified atom stereocenters. The molecule has 4 nitrogen and oxygen atoms in total. The van der Waals surface area contributed by atoms with E-state index in [0.717, 1.165) is 36.0 Å². The van der Waals surface area contributed by atoms with Gasteiger partial charge in [-0.05, 0) is 37.6 Å². The molecule has 0 N–H and O–H groups in total. The van der Waals surface area contributed by atoms with Crippen molar-refractivity contribution in [3.8, 4) is 5.75 Å². The number of benzene rings is 1. The summed E-state index contributed by atoms with van der Waals surface area (Å²) in [5, 5.41) is 1.10. The van der Waals surface area contributed by atoms with Gasteiger partial charge in [0.1, 0.15) is 12.3 Å². The van der Waals surface area contributed by atoms with Gasteiger partial charge in [0.25, 0.3) is 0 Å². The molecule has 2 aromatic rings. The number of aromatic nitrogens is 1. The van der Waals surface area contributed by atoms with Gasteiger partial charge in [0.15, 0.2) is 0 Å². The Morgan fingerprint density at radius 3 is 2.81 bits per heavy atom. The Morgan fingerprint density at radius 2 is 2.10 bits per heavy atom. The van der Waals surface area contributed by atoms with Crippen molar-refractivity contribution in [2.24, 2.45) is 0 Å². The van der Waals surface area contributed by atoms with Gasteiger partial charge in [0.2, 0.25) is 5.91 Å². The summed E-state index contributed by atoms with van der Waals surface area (Å²) >= 11 is 0. The van der Waals surface area contributed by atoms with Gasteiger partial charge < -0.3 is 14.2 Å². The molecule has 4 heteroatoms. The Labute approximate surface area is 126 Å². The predicted octanol–water partition coefficient (Wildman–Crippen LogP) is 3.30. The minimum atomic E-state index is 0.148. The van der Waals surface area contributed by atoms with Crippen LogP contribution in [0.3, 0.4) is 0 Å². The fourth-order valence-corrected chi connectivity index (χ4v) is 2.36. The fourth-order valence-electron chi connectivity index (χ4n) is 2.36. The number of amides is 1. The van der Waals surface area contributed by atoms with E-state index in [2.05, 4.69) is 6.92 Å². The summed E-state index contributed by atoms with van der Waals surface area (Å²) in [5.41, 5.74) is 1.07. The highest BCUT2D eigenvalue weighted by Gasteiger charge is 2.11. The van der Waals surface area contributed by atoms with E-state index in [1.165, 1.54) is 0 Å². The van der Waals surface area contributed by atoms with E-state index in [1.54, 1.807) is 0 Å². The third kappa shape index (κ3) is 3.78. The lowest BCUT2D eigenvalue weighted by molar-refractivity contribution is -0.130. The highest BCUT2D eigenvalue weighted by molar-refractivity contribution is 5.84. The average molecular weight is 288 g/mol. The van der Waals surface area contributed by atoms with Crippen molar-refractivity contribution < 1.29 is 9.53 Å². The molecule has 0 saturated heterocycles. The van der Waals surface area contributed by atoms with Gasteiger partial charge in [-0.3, -0.25) is 4.79 Å². The molecule has 0 spiro atoms. The van der Waals surface area contributed by atoms with Crippen molar-refractivity contribution >= 4 is 16.8 Å². The number of nitrogens with zero attached hydrogens (tertiary/aromatic N) is 2. The molecule has 0 saturated carbocycles. The van der Waals surface area contributed by atoms with E-state index >= 15 is 0 Å². The zero-order valence-electron chi connectivity index (χ0n) is 13.1. The third-order valence-corrected chi connectivity index (χ3v) is 3.63. The summed E-state index contributed by atoms with van der Waals surface area (Å²) in [4.78, 5) is 14.0. The number of hydrogen-bond acceptors (Lipinski definition) is 2. The van der Waals surface area contributed by atoms with Crippen LogP contribution in [0.4, 0.5) is 0 Å². The lowest BCUT2D eigenvalue weighted by Gasteiger charge is -2.17. The summed E-state index contributed by atoms with van der Waals surface area (Å²) in [5.74, 6) is 1.02. The fraction of sp³-hybridized carbons (Fsp3) is 0.471. The van der Waals surface area contributed by atoms with Crippen LogP contribution in [0.1, 0.15) is 26.7 Å².